The van der Waals surface area contributed by atoms with E-state index in [4.69, 9.17) is 0 Å². The monoisotopic (exact) mass is 326 g/mol. The van der Waals surface area contributed by atoms with Crippen molar-refractivity contribution >= 4 is 9.52 Å². The summed E-state index contributed by atoms with van der Waals surface area (Å²) in [6.45, 7) is 9.56. The Hall–Kier alpha value is 0.281. The zero-order chi connectivity index (χ0) is 11.8. The molecule has 0 spiro atoms. The summed E-state index contributed by atoms with van der Waals surface area (Å²) < 4.78 is 0. The van der Waals surface area contributed by atoms with E-state index in [1.807, 2.05) is 0 Å². The predicted octanol–water partition coefficient (Wildman–Crippen LogP) is 4.83. The van der Waals surface area contributed by atoms with Gasteiger partial charge in [0.2, 0.25) is 0 Å². The number of fused-ring (bicyclic) bond motifs is 1. The molecule has 0 bridgehead atoms. The first-order chi connectivity index (χ1) is 7.47. The van der Waals surface area contributed by atoms with E-state index in [9.17, 15) is 0 Å². The van der Waals surface area contributed by atoms with Crippen molar-refractivity contribution in [1.29, 1.82) is 0 Å². The van der Waals surface area contributed by atoms with Gasteiger partial charge < -0.3 is 22.3 Å². The first-order valence-electron chi connectivity index (χ1n) is 6.74. The van der Waals surface area contributed by atoms with Crippen molar-refractivity contribution in [2.45, 2.75) is 64.5 Å². The minimum absolute atomic E-state index is 0. The van der Waals surface area contributed by atoms with E-state index in [0.29, 0.717) is 5.04 Å². The molecular formula is C18H34SiTi. The molecule has 0 saturated carbocycles. The third-order valence-corrected chi connectivity index (χ3v) is 6.23. The van der Waals surface area contributed by atoms with Gasteiger partial charge in [-0.05, 0) is 5.04 Å². The average molecular weight is 326 g/mol. The van der Waals surface area contributed by atoms with Crippen molar-refractivity contribution in [2.75, 3.05) is 0 Å². The van der Waals surface area contributed by atoms with Gasteiger partial charge in [-0.1, -0.05) is 59.4 Å². The normalized spacial score (nSPS) is 13.6. The van der Waals surface area contributed by atoms with Gasteiger partial charge in [0.1, 0.15) is 0 Å². The second kappa shape index (κ2) is 10.1. The Morgan fingerprint density at radius 2 is 1.65 bits per heavy atom. The molecule has 0 N–H and O–H groups in total. The minimum atomic E-state index is 0. The molecule has 0 amide bonds. The van der Waals surface area contributed by atoms with Gasteiger partial charge in [-0.25, -0.2) is 6.07 Å². The van der Waals surface area contributed by atoms with Gasteiger partial charge in [-0.15, -0.1) is 0 Å². The molecule has 0 aromatic heterocycles. The van der Waals surface area contributed by atoms with Crippen LogP contribution in [0.1, 0.15) is 55.9 Å². The number of hydrogen-bond acceptors (Lipinski definition) is 0. The molecule has 20 heavy (non-hydrogen) atoms. The molecule has 0 atom stereocenters. The van der Waals surface area contributed by atoms with Crippen molar-refractivity contribution in [1.82, 2.24) is 0 Å². The summed E-state index contributed by atoms with van der Waals surface area (Å²) in [5.74, 6) is 0. The average Bonchev–Trinajstić information content (AvgIpc) is 2.53. The smallest absolute Gasteiger partial charge is 0.358 e. The van der Waals surface area contributed by atoms with Gasteiger partial charge in [-0.2, -0.15) is 22.3 Å². The van der Waals surface area contributed by atoms with Crippen molar-refractivity contribution < 1.29 is 21.7 Å². The summed E-state index contributed by atoms with van der Waals surface area (Å²) >= 11 is 0. The van der Waals surface area contributed by atoms with E-state index < -0.39 is 0 Å². The van der Waals surface area contributed by atoms with Gasteiger partial charge >= 0.3 is 21.7 Å². The SMILES string of the molecule is C[c-]1c(C[SiH2]C(C)(C)C)cc2c1CCCC2.[CH3-].[CH3-].[CH3-].[Ti+4]. The third kappa shape index (κ3) is 6.37. The molecule has 0 fully saturated rings. The Morgan fingerprint density at radius 1 is 1.10 bits per heavy atom. The van der Waals surface area contributed by atoms with Crippen molar-refractivity contribution in [3.8, 4) is 0 Å². The summed E-state index contributed by atoms with van der Waals surface area (Å²) in [6, 6.07) is 3.94. The second-order valence-electron chi connectivity index (χ2n) is 6.57. The van der Waals surface area contributed by atoms with Gasteiger partial charge in [0.05, 0.1) is 0 Å². The number of aryl methyl sites for hydroxylation is 1. The fourth-order valence-corrected chi connectivity index (χ4v) is 4.34. The largest absolute Gasteiger partial charge is 4.00 e. The fourth-order valence-electron chi connectivity index (χ4n) is 2.80. The molecule has 0 saturated heterocycles. The summed E-state index contributed by atoms with van der Waals surface area (Å²) in [5.41, 5.74) is 6.73. The van der Waals surface area contributed by atoms with Crippen molar-refractivity contribution in [2.24, 2.45) is 0 Å². The molecule has 2 heteroatoms. The minimum Gasteiger partial charge on any atom is -0.358 e. The summed E-state index contributed by atoms with van der Waals surface area (Å²) in [4.78, 5) is 0. The van der Waals surface area contributed by atoms with Gasteiger partial charge in [-0.3, -0.25) is 0 Å². The molecule has 0 unspecified atom stereocenters. The standard InChI is InChI=1S/C15H25Si.3CH3.Ti/c1-11-13(10-16-15(2,3)4)9-12-7-5-6-8-14(11)12;;;;/h9H,5-8,10,16H2,1-4H3;3*1H3;/q4*-1;+4. The fraction of sp³-hybridized carbons (Fsp3) is 0.556. The Balaban J connectivity index is -0.000000722. The zero-order valence-electron chi connectivity index (χ0n) is 14.8. The first-order valence-corrected chi connectivity index (χ1v) is 8.45. The van der Waals surface area contributed by atoms with Crippen LogP contribution in [0.5, 0.6) is 0 Å². The van der Waals surface area contributed by atoms with Crippen molar-refractivity contribution in [3.63, 3.8) is 0 Å². The van der Waals surface area contributed by atoms with Crippen LogP contribution < -0.4 is 0 Å². The predicted molar refractivity (Wildman–Crippen MR) is 94.6 cm³/mol. The maximum Gasteiger partial charge on any atom is 4.00 e. The quantitative estimate of drug-likeness (QED) is 0.539. The topological polar surface area (TPSA) is 0 Å². The van der Waals surface area contributed by atoms with Crippen LogP contribution in [-0.2, 0) is 40.6 Å². The molecule has 1 aromatic rings. The second-order valence-corrected chi connectivity index (χ2v) is 9.69. The molecule has 2 rings (SSSR count). The molecular weight excluding hydrogens is 292 g/mol. The zero-order valence-corrected chi connectivity index (χ0v) is 17.8. The van der Waals surface area contributed by atoms with Crippen LogP contribution in [-0.4, -0.2) is 9.52 Å². The van der Waals surface area contributed by atoms with Crippen LogP contribution in [0.3, 0.4) is 0 Å². The van der Waals surface area contributed by atoms with E-state index in [1.165, 1.54) is 31.7 Å². The van der Waals surface area contributed by atoms with Crippen LogP contribution in [0.25, 0.3) is 0 Å². The van der Waals surface area contributed by atoms with E-state index in [1.54, 1.807) is 22.3 Å². The van der Waals surface area contributed by atoms with Crippen LogP contribution in [0, 0.1) is 29.2 Å². The van der Waals surface area contributed by atoms with Crippen LogP contribution in [0.2, 0.25) is 5.04 Å². The van der Waals surface area contributed by atoms with E-state index in [0.717, 1.165) is 0 Å². The van der Waals surface area contributed by atoms with Crippen LogP contribution in [0.15, 0.2) is 6.07 Å². The van der Waals surface area contributed by atoms with Gasteiger partial charge in [0, 0.05) is 9.52 Å². The molecule has 1 aliphatic rings. The van der Waals surface area contributed by atoms with E-state index >= 15 is 0 Å². The Kier molecular flexibility index (Phi) is 12.7. The first kappa shape index (κ1) is 25.2. The summed E-state index contributed by atoms with van der Waals surface area (Å²) in [5, 5.41) is 0.601. The summed E-state index contributed by atoms with van der Waals surface area (Å²) in [6.07, 6.45) is 5.51. The van der Waals surface area contributed by atoms with Gasteiger partial charge in [0.25, 0.3) is 0 Å². The Labute approximate surface area is 146 Å². The molecule has 0 aliphatic heterocycles. The number of rotatable bonds is 2. The molecule has 1 aromatic carbocycles. The van der Waals surface area contributed by atoms with Crippen molar-refractivity contribution in [3.05, 3.63) is 50.6 Å². The third-order valence-electron chi connectivity index (χ3n) is 3.94. The van der Waals surface area contributed by atoms with E-state index in [2.05, 4.69) is 33.8 Å². The molecule has 1 aliphatic carbocycles. The molecule has 0 heterocycles. The number of hydrogen-bond donors (Lipinski definition) is 0. The molecule has 114 valence electrons. The maximum absolute atomic E-state index is 2.53. The maximum atomic E-state index is 2.53. The Bertz CT molecular complexity index is 372. The van der Waals surface area contributed by atoms with Crippen LogP contribution >= 0.6 is 0 Å². The Morgan fingerprint density at radius 3 is 2.15 bits per heavy atom. The summed E-state index contributed by atoms with van der Waals surface area (Å²) in [7, 11) is 0.0324. The molecule has 0 radical (unpaired) electrons. The van der Waals surface area contributed by atoms with E-state index in [-0.39, 0.29) is 53.5 Å². The van der Waals surface area contributed by atoms with Gasteiger partial charge in [0.15, 0.2) is 0 Å². The van der Waals surface area contributed by atoms with Crippen LogP contribution in [0.4, 0.5) is 0 Å². The molecule has 0 nitrogen and oxygen atoms in total.